The Hall–Kier alpha value is -4.06. The first-order valence-corrected chi connectivity index (χ1v) is 9.59. The van der Waals surface area contributed by atoms with E-state index < -0.39 is 0 Å². The number of aromatic nitrogens is 3. The molecule has 6 heteroatoms. The Bertz CT molecular complexity index is 1200. The molecule has 0 radical (unpaired) electrons. The molecule has 30 heavy (non-hydrogen) atoms. The van der Waals surface area contributed by atoms with E-state index in [9.17, 15) is 4.79 Å². The highest BCUT2D eigenvalue weighted by Gasteiger charge is 2.13. The van der Waals surface area contributed by atoms with Crippen LogP contribution >= 0.6 is 0 Å². The van der Waals surface area contributed by atoms with Crippen molar-refractivity contribution >= 4 is 12.1 Å². The molecule has 2 aromatic carbocycles. The summed E-state index contributed by atoms with van der Waals surface area (Å²) in [4.78, 5) is 16.2. The molecule has 0 fully saturated rings. The molecule has 0 aliphatic carbocycles. The number of amides is 1. The number of benzene rings is 2. The Morgan fingerprint density at radius 1 is 1.03 bits per heavy atom. The summed E-state index contributed by atoms with van der Waals surface area (Å²) < 4.78 is 1.82. The minimum Gasteiger partial charge on any atom is -0.266 e. The van der Waals surface area contributed by atoms with E-state index in [1.54, 1.807) is 30.6 Å². The zero-order valence-electron chi connectivity index (χ0n) is 16.8. The quantitative estimate of drug-likeness (QED) is 0.404. The zero-order chi connectivity index (χ0) is 20.9. The first-order chi connectivity index (χ1) is 14.6. The summed E-state index contributed by atoms with van der Waals surface area (Å²) in [5.41, 5.74) is 8.72. The highest BCUT2D eigenvalue weighted by molar-refractivity contribution is 5.94. The summed E-state index contributed by atoms with van der Waals surface area (Å²) >= 11 is 0. The van der Waals surface area contributed by atoms with Crippen molar-refractivity contribution in [2.45, 2.75) is 13.8 Å². The Kier molecular flexibility index (Phi) is 5.48. The average molecular weight is 395 g/mol. The second-order valence-corrected chi connectivity index (χ2v) is 6.95. The lowest BCUT2D eigenvalue weighted by molar-refractivity contribution is 0.0950. The molecule has 0 aliphatic heterocycles. The van der Waals surface area contributed by atoms with Gasteiger partial charge in [-0.1, -0.05) is 48.0 Å². The summed E-state index contributed by atoms with van der Waals surface area (Å²) in [5, 5.41) is 8.94. The second kappa shape index (κ2) is 8.53. The molecule has 0 atom stereocenters. The van der Waals surface area contributed by atoms with Gasteiger partial charge in [-0.05, 0) is 43.7 Å². The number of aryl methyl sites for hydroxylation is 2. The van der Waals surface area contributed by atoms with Crippen molar-refractivity contribution in [1.82, 2.24) is 20.2 Å². The molecule has 1 amide bonds. The summed E-state index contributed by atoms with van der Waals surface area (Å²) in [6.07, 6.45) is 5.09. The van der Waals surface area contributed by atoms with E-state index in [0.29, 0.717) is 5.69 Å². The first kappa shape index (κ1) is 19.3. The Balaban J connectivity index is 1.68. The van der Waals surface area contributed by atoms with Crippen molar-refractivity contribution in [3.63, 3.8) is 0 Å². The number of hydrogen-bond acceptors (Lipinski definition) is 4. The van der Waals surface area contributed by atoms with Crippen LogP contribution in [0, 0.1) is 13.8 Å². The van der Waals surface area contributed by atoms with E-state index in [2.05, 4.69) is 47.6 Å². The number of carbonyl (C=O) groups excluding carboxylic acids is 1. The first-order valence-electron chi connectivity index (χ1n) is 9.59. The average Bonchev–Trinajstić information content (AvgIpc) is 3.19. The Morgan fingerprint density at radius 3 is 2.57 bits per heavy atom. The molecule has 0 bridgehead atoms. The van der Waals surface area contributed by atoms with Gasteiger partial charge in [0.1, 0.15) is 11.4 Å². The minimum absolute atomic E-state index is 0.309. The van der Waals surface area contributed by atoms with Crippen LogP contribution in [0.3, 0.4) is 0 Å². The van der Waals surface area contributed by atoms with E-state index in [1.165, 1.54) is 5.56 Å². The fourth-order valence-corrected chi connectivity index (χ4v) is 3.20. The number of nitrogens with one attached hydrogen (secondary N) is 1. The van der Waals surface area contributed by atoms with Crippen molar-refractivity contribution in [2.75, 3.05) is 0 Å². The van der Waals surface area contributed by atoms with Gasteiger partial charge in [0.25, 0.3) is 5.91 Å². The highest BCUT2D eigenvalue weighted by atomic mass is 16.2. The van der Waals surface area contributed by atoms with E-state index in [-0.39, 0.29) is 5.91 Å². The van der Waals surface area contributed by atoms with Crippen LogP contribution in [0.5, 0.6) is 0 Å². The molecule has 6 nitrogen and oxygen atoms in total. The van der Waals surface area contributed by atoms with Crippen molar-refractivity contribution in [1.29, 1.82) is 0 Å². The van der Waals surface area contributed by atoms with Gasteiger partial charge in [-0.3, -0.25) is 9.78 Å². The fraction of sp³-hybridized carbons (Fsp3) is 0.0833. The van der Waals surface area contributed by atoms with E-state index in [4.69, 9.17) is 5.10 Å². The van der Waals surface area contributed by atoms with Crippen LogP contribution in [-0.4, -0.2) is 26.9 Å². The number of nitrogens with zero attached hydrogens (tertiary/aromatic N) is 4. The minimum atomic E-state index is -0.365. The predicted octanol–water partition coefficient (Wildman–Crippen LogP) is 4.32. The fourth-order valence-electron chi connectivity index (χ4n) is 3.20. The van der Waals surface area contributed by atoms with Crippen LogP contribution in [0.25, 0.3) is 16.9 Å². The lowest BCUT2D eigenvalue weighted by atomic mass is 10.0. The van der Waals surface area contributed by atoms with Gasteiger partial charge in [-0.2, -0.15) is 10.2 Å². The monoisotopic (exact) mass is 395 g/mol. The van der Waals surface area contributed by atoms with Crippen LogP contribution in [0.1, 0.15) is 27.2 Å². The lowest BCUT2D eigenvalue weighted by Crippen LogP contribution is -2.18. The van der Waals surface area contributed by atoms with Gasteiger partial charge in [0, 0.05) is 23.5 Å². The van der Waals surface area contributed by atoms with Crippen molar-refractivity contribution in [3.05, 3.63) is 102 Å². The predicted molar refractivity (Wildman–Crippen MR) is 118 cm³/mol. The van der Waals surface area contributed by atoms with Crippen LogP contribution in [0.4, 0.5) is 0 Å². The Labute approximate surface area is 174 Å². The maximum absolute atomic E-state index is 12.2. The van der Waals surface area contributed by atoms with Gasteiger partial charge in [0.15, 0.2) is 0 Å². The standard InChI is InChI=1S/C24H21N5O/c1-17-11-12-21(18(2)14-17)23-19(16-29(28-23)20-8-4-3-5-9-20)15-26-27-24(30)22-10-6-7-13-25-22/h3-16H,1-2H3,(H,27,30)/b26-15-. The summed E-state index contributed by atoms with van der Waals surface area (Å²) in [5.74, 6) is -0.365. The summed E-state index contributed by atoms with van der Waals surface area (Å²) in [7, 11) is 0. The van der Waals surface area contributed by atoms with Crippen LogP contribution in [0.2, 0.25) is 0 Å². The number of rotatable bonds is 5. The van der Waals surface area contributed by atoms with Crippen LogP contribution in [0.15, 0.2) is 84.2 Å². The SMILES string of the molecule is Cc1ccc(-c2nn(-c3ccccc3)cc2/C=N\NC(=O)c2ccccn2)c(C)c1. The normalized spacial score (nSPS) is 11.0. The number of hydrogen-bond donors (Lipinski definition) is 1. The molecule has 0 saturated carbocycles. The molecule has 2 heterocycles. The molecular formula is C24H21N5O. The molecule has 2 aromatic heterocycles. The third-order valence-corrected chi connectivity index (χ3v) is 4.67. The number of carbonyl (C=O) groups is 1. The van der Waals surface area contributed by atoms with Crippen molar-refractivity contribution in [2.24, 2.45) is 5.10 Å². The van der Waals surface area contributed by atoms with E-state index >= 15 is 0 Å². The molecule has 148 valence electrons. The smallest absolute Gasteiger partial charge is 0.266 e. The van der Waals surface area contributed by atoms with Crippen molar-refractivity contribution in [3.8, 4) is 16.9 Å². The van der Waals surface area contributed by atoms with Crippen LogP contribution < -0.4 is 5.43 Å². The van der Waals surface area contributed by atoms with Gasteiger partial charge in [-0.25, -0.2) is 10.1 Å². The van der Waals surface area contributed by atoms with Gasteiger partial charge < -0.3 is 0 Å². The maximum Gasteiger partial charge on any atom is 0.289 e. The van der Waals surface area contributed by atoms with Crippen molar-refractivity contribution < 1.29 is 4.79 Å². The molecule has 0 saturated heterocycles. The molecule has 4 aromatic rings. The van der Waals surface area contributed by atoms with Gasteiger partial charge in [0.05, 0.1) is 11.9 Å². The van der Waals surface area contributed by atoms with E-state index in [0.717, 1.165) is 28.1 Å². The largest absolute Gasteiger partial charge is 0.289 e. The second-order valence-electron chi connectivity index (χ2n) is 6.95. The lowest BCUT2D eigenvalue weighted by Gasteiger charge is -2.05. The summed E-state index contributed by atoms with van der Waals surface area (Å²) in [6.45, 7) is 4.13. The van der Waals surface area contributed by atoms with Gasteiger partial charge in [-0.15, -0.1) is 0 Å². The topological polar surface area (TPSA) is 72.2 Å². The third-order valence-electron chi connectivity index (χ3n) is 4.67. The molecular weight excluding hydrogens is 374 g/mol. The number of para-hydroxylation sites is 1. The number of pyridine rings is 1. The maximum atomic E-state index is 12.2. The zero-order valence-corrected chi connectivity index (χ0v) is 16.8. The summed E-state index contributed by atoms with van der Waals surface area (Å²) in [6, 6.07) is 21.3. The third kappa shape index (κ3) is 4.17. The highest BCUT2D eigenvalue weighted by Crippen LogP contribution is 2.26. The molecule has 4 rings (SSSR count). The molecule has 0 unspecified atom stereocenters. The van der Waals surface area contributed by atoms with Crippen LogP contribution in [-0.2, 0) is 0 Å². The van der Waals surface area contributed by atoms with E-state index in [1.807, 2.05) is 41.2 Å². The van der Waals surface area contributed by atoms with Gasteiger partial charge in [0.2, 0.25) is 0 Å². The Morgan fingerprint density at radius 2 is 1.83 bits per heavy atom. The molecule has 0 aliphatic rings. The molecule has 0 spiro atoms. The van der Waals surface area contributed by atoms with Gasteiger partial charge >= 0.3 is 0 Å². The molecule has 1 N–H and O–H groups in total. The number of hydrazone groups is 1.